The molecule has 64 valence electrons. The largest absolute Gasteiger partial charge is 0.506 e. The van der Waals surface area contributed by atoms with Crippen molar-refractivity contribution in [2.24, 2.45) is 0 Å². The molecule has 12 heavy (non-hydrogen) atoms. The number of nitrogens with zero attached hydrogens (tertiary/aromatic N) is 2. The van der Waals surface area contributed by atoms with E-state index >= 15 is 0 Å². The summed E-state index contributed by atoms with van der Waals surface area (Å²) < 4.78 is 0. The molecule has 0 bridgehead atoms. The first-order chi connectivity index (χ1) is 5.74. The Labute approximate surface area is 72.3 Å². The number of rotatable bonds is 0. The molecule has 3 heteroatoms. The lowest BCUT2D eigenvalue weighted by atomic mass is 10.3. The van der Waals surface area contributed by atoms with Crippen LogP contribution in [0.25, 0.3) is 0 Å². The van der Waals surface area contributed by atoms with E-state index in [9.17, 15) is 0 Å². The maximum Gasteiger partial charge on any atom is 0.141 e. The fraction of sp³-hybridized carbons (Fsp3) is 0.333. The SMILES string of the molecule is CC.Cc1nc(C#N)ccc1O. The second-order valence-corrected chi connectivity index (χ2v) is 1.91. The van der Waals surface area contributed by atoms with Crippen LogP contribution in [0.2, 0.25) is 0 Å². The molecule has 0 atom stereocenters. The minimum Gasteiger partial charge on any atom is -0.506 e. The third-order valence-electron chi connectivity index (χ3n) is 1.17. The average molecular weight is 164 g/mol. The third kappa shape index (κ3) is 2.59. The van der Waals surface area contributed by atoms with Gasteiger partial charge in [0.15, 0.2) is 0 Å². The molecule has 0 saturated carbocycles. The highest BCUT2D eigenvalue weighted by Gasteiger charge is 1.96. The second-order valence-electron chi connectivity index (χ2n) is 1.91. The zero-order chi connectivity index (χ0) is 9.56. The van der Waals surface area contributed by atoms with E-state index < -0.39 is 0 Å². The highest BCUT2D eigenvalue weighted by atomic mass is 16.3. The molecule has 0 aliphatic heterocycles. The number of nitriles is 1. The van der Waals surface area contributed by atoms with Crippen LogP contribution in [0.4, 0.5) is 0 Å². The molecule has 0 aliphatic rings. The first kappa shape index (κ1) is 10.4. The van der Waals surface area contributed by atoms with Crippen LogP contribution in [0.3, 0.4) is 0 Å². The topological polar surface area (TPSA) is 56.9 Å². The lowest BCUT2D eigenvalue weighted by Gasteiger charge is -1.94. The molecule has 1 aromatic heterocycles. The molecule has 1 rings (SSSR count). The highest BCUT2D eigenvalue weighted by Crippen LogP contribution is 2.11. The lowest BCUT2D eigenvalue weighted by molar-refractivity contribution is 0.467. The number of aromatic nitrogens is 1. The highest BCUT2D eigenvalue weighted by molar-refractivity contribution is 5.31. The standard InChI is InChI=1S/C7H6N2O.C2H6/c1-5-7(10)3-2-6(4-8)9-5;1-2/h2-3,10H,1H3;1-2H3. The van der Waals surface area contributed by atoms with Gasteiger partial charge in [0, 0.05) is 0 Å². The summed E-state index contributed by atoms with van der Waals surface area (Å²) in [4.78, 5) is 3.78. The van der Waals surface area contributed by atoms with E-state index in [1.807, 2.05) is 19.9 Å². The Balaban J connectivity index is 0.000000561. The summed E-state index contributed by atoms with van der Waals surface area (Å²) in [7, 11) is 0. The lowest BCUT2D eigenvalue weighted by Crippen LogP contribution is -1.85. The van der Waals surface area contributed by atoms with Crippen molar-refractivity contribution < 1.29 is 5.11 Å². The number of pyridine rings is 1. The van der Waals surface area contributed by atoms with E-state index in [2.05, 4.69) is 4.98 Å². The molecule has 0 unspecified atom stereocenters. The molecule has 1 N–H and O–H groups in total. The first-order valence-electron chi connectivity index (χ1n) is 3.81. The molecule has 1 heterocycles. The summed E-state index contributed by atoms with van der Waals surface area (Å²) in [5.74, 6) is 0.124. The summed E-state index contributed by atoms with van der Waals surface area (Å²) in [5, 5.41) is 17.3. The van der Waals surface area contributed by atoms with Crippen LogP contribution in [-0.2, 0) is 0 Å². The van der Waals surface area contributed by atoms with Crippen LogP contribution in [0.5, 0.6) is 5.75 Å². The van der Waals surface area contributed by atoms with Crippen molar-refractivity contribution in [1.29, 1.82) is 5.26 Å². The molecule has 0 radical (unpaired) electrons. The Morgan fingerprint density at radius 3 is 2.42 bits per heavy atom. The van der Waals surface area contributed by atoms with E-state index in [0.717, 1.165) is 0 Å². The van der Waals surface area contributed by atoms with Gasteiger partial charge in [0.05, 0.1) is 5.69 Å². The van der Waals surface area contributed by atoms with E-state index in [4.69, 9.17) is 10.4 Å². The van der Waals surface area contributed by atoms with E-state index in [1.54, 1.807) is 6.92 Å². The summed E-state index contributed by atoms with van der Waals surface area (Å²) in [6.45, 7) is 5.65. The third-order valence-corrected chi connectivity index (χ3v) is 1.17. The van der Waals surface area contributed by atoms with Gasteiger partial charge in [-0.15, -0.1) is 0 Å². The van der Waals surface area contributed by atoms with Crippen LogP contribution in [0.1, 0.15) is 25.2 Å². The number of aryl methyl sites for hydroxylation is 1. The fourth-order valence-corrected chi connectivity index (χ4v) is 0.616. The zero-order valence-electron chi connectivity index (χ0n) is 7.50. The van der Waals surface area contributed by atoms with E-state index in [-0.39, 0.29) is 5.75 Å². The Hall–Kier alpha value is -1.56. The van der Waals surface area contributed by atoms with Gasteiger partial charge in [-0.3, -0.25) is 0 Å². The summed E-state index contributed by atoms with van der Waals surface area (Å²) in [6.07, 6.45) is 0. The fourth-order valence-electron chi connectivity index (χ4n) is 0.616. The summed E-state index contributed by atoms with van der Waals surface area (Å²) >= 11 is 0. The smallest absolute Gasteiger partial charge is 0.141 e. The number of aromatic hydroxyl groups is 1. The van der Waals surface area contributed by atoms with E-state index in [1.165, 1.54) is 12.1 Å². The molecule has 3 nitrogen and oxygen atoms in total. The van der Waals surface area contributed by atoms with Gasteiger partial charge in [-0.1, -0.05) is 13.8 Å². The van der Waals surface area contributed by atoms with Crippen molar-refractivity contribution in [2.75, 3.05) is 0 Å². The minimum absolute atomic E-state index is 0.124. The second kappa shape index (κ2) is 5.14. The number of hydrogen-bond donors (Lipinski definition) is 1. The van der Waals surface area contributed by atoms with Crippen molar-refractivity contribution in [2.45, 2.75) is 20.8 Å². The first-order valence-corrected chi connectivity index (χ1v) is 3.81. The zero-order valence-corrected chi connectivity index (χ0v) is 7.50. The quantitative estimate of drug-likeness (QED) is 0.638. The number of hydrogen-bond acceptors (Lipinski definition) is 3. The van der Waals surface area contributed by atoms with Crippen molar-refractivity contribution in [3.05, 3.63) is 23.5 Å². The summed E-state index contributed by atoms with van der Waals surface area (Å²) in [6, 6.07) is 4.81. The molecular formula is C9H12N2O. The van der Waals surface area contributed by atoms with Crippen LogP contribution >= 0.6 is 0 Å². The van der Waals surface area contributed by atoms with E-state index in [0.29, 0.717) is 11.4 Å². The monoisotopic (exact) mass is 164 g/mol. The van der Waals surface area contributed by atoms with Gasteiger partial charge in [0.2, 0.25) is 0 Å². The van der Waals surface area contributed by atoms with Crippen LogP contribution in [0, 0.1) is 18.3 Å². The average Bonchev–Trinajstić information content (AvgIpc) is 2.13. The molecule has 0 amide bonds. The maximum absolute atomic E-state index is 8.97. The maximum atomic E-state index is 8.97. The van der Waals surface area contributed by atoms with Crippen LogP contribution in [-0.4, -0.2) is 10.1 Å². The van der Waals surface area contributed by atoms with Gasteiger partial charge in [0.25, 0.3) is 0 Å². The molecule has 0 saturated heterocycles. The predicted molar refractivity (Wildman–Crippen MR) is 46.7 cm³/mol. The van der Waals surface area contributed by atoms with Crippen LogP contribution < -0.4 is 0 Å². The Bertz CT molecular complexity index is 289. The van der Waals surface area contributed by atoms with Crippen LogP contribution in [0.15, 0.2) is 12.1 Å². The molecular weight excluding hydrogens is 152 g/mol. The Morgan fingerprint density at radius 2 is 2.00 bits per heavy atom. The molecule has 0 fully saturated rings. The van der Waals surface area contributed by atoms with Gasteiger partial charge >= 0.3 is 0 Å². The molecule has 0 spiro atoms. The van der Waals surface area contributed by atoms with Gasteiger partial charge in [-0.25, -0.2) is 4.98 Å². The Morgan fingerprint density at radius 1 is 1.42 bits per heavy atom. The summed E-state index contributed by atoms with van der Waals surface area (Å²) in [5.41, 5.74) is 0.814. The predicted octanol–water partition coefficient (Wildman–Crippen LogP) is 1.99. The van der Waals surface area contributed by atoms with Gasteiger partial charge in [0.1, 0.15) is 17.5 Å². The normalized spacial score (nSPS) is 7.83. The van der Waals surface area contributed by atoms with Crippen molar-refractivity contribution in [1.82, 2.24) is 4.98 Å². The van der Waals surface area contributed by atoms with Crippen molar-refractivity contribution >= 4 is 0 Å². The Kier molecular flexibility index (Phi) is 4.47. The molecule has 0 aromatic carbocycles. The molecule has 0 aliphatic carbocycles. The molecule has 1 aromatic rings. The van der Waals surface area contributed by atoms with Gasteiger partial charge < -0.3 is 5.11 Å². The van der Waals surface area contributed by atoms with Gasteiger partial charge in [-0.05, 0) is 19.1 Å². The minimum atomic E-state index is 0.124. The van der Waals surface area contributed by atoms with Crippen molar-refractivity contribution in [3.8, 4) is 11.8 Å². The van der Waals surface area contributed by atoms with Gasteiger partial charge in [-0.2, -0.15) is 5.26 Å². The van der Waals surface area contributed by atoms with Crippen molar-refractivity contribution in [3.63, 3.8) is 0 Å².